The molecule has 21 heavy (non-hydrogen) atoms. The predicted octanol–water partition coefficient (Wildman–Crippen LogP) is 3.85. The van der Waals surface area contributed by atoms with E-state index in [4.69, 9.17) is 21.1 Å². The number of ether oxygens (including phenoxy) is 2. The maximum Gasteiger partial charge on any atom is 0.407 e. The van der Waals surface area contributed by atoms with Gasteiger partial charge in [0.15, 0.2) is 0 Å². The van der Waals surface area contributed by atoms with Crippen LogP contribution in [0.25, 0.3) is 10.9 Å². The number of hydrogen-bond acceptors (Lipinski definition) is 3. The molecule has 114 valence electrons. The summed E-state index contributed by atoms with van der Waals surface area (Å²) < 4.78 is 10.4. The Morgan fingerprint density at radius 3 is 2.67 bits per heavy atom. The normalized spacial score (nSPS) is 11.5. The summed E-state index contributed by atoms with van der Waals surface area (Å²) in [6.07, 6.45) is -0.447. The molecule has 0 saturated carbocycles. The van der Waals surface area contributed by atoms with E-state index < -0.39 is 11.7 Å². The number of halogens is 1. The van der Waals surface area contributed by atoms with Crippen molar-refractivity contribution in [1.82, 2.24) is 10.3 Å². The van der Waals surface area contributed by atoms with Gasteiger partial charge in [-0.3, -0.25) is 0 Å². The van der Waals surface area contributed by atoms with Crippen LogP contribution in [0.2, 0.25) is 5.02 Å². The van der Waals surface area contributed by atoms with E-state index in [0.29, 0.717) is 17.3 Å². The summed E-state index contributed by atoms with van der Waals surface area (Å²) in [4.78, 5) is 14.8. The Bertz CT molecular complexity index is 659. The number of alkyl carbamates (subject to hydrolysis) is 1. The number of nitrogens with one attached hydrogen (secondary N) is 2. The van der Waals surface area contributed by atoms with Gasteiger partial charge in [-0.2, -0.15) is 0 Å². The van der Waals surface area contributed by atoms with Gasteiger partial charge in [0.1, 0.15) is 11.4 Å². The van der Waals surface area contributed by atoms with Crippen molar-refractivity contribution < 1.29 is 14.3 Å². The molecule has 0 atom stereocenters. The van der Waals surface area contributed by atoms with Gasteiger partial charge in [-0.1, -0.05) is 11.6 Å². The molecule has 0 spiro atoms. The molecule has 6 heteroatoms. The van der Waals surface area contributed by atoms with Gasteiger partial charge < -0.3 is 19.8 Å². The minimum Gasteiger partial charge on any atom is -0.495 e. The highest BCUT2D eigenvalue weighted by atomic mass is 35.5. The molecule has 0 unspecified atom stereocenters. The molecule has 1 aromatic heterocycles. The first kappa shape index (κ1) is 15.5. The molecule has 2 N–H and O–H groups in total. The molecule has 1 heterocycles. The van der Waals surface area contributed by atoms with E-state index in [1.807, 2.05) is 39.0 Å². The minimum absolute atomic E-state index is 0.351. The Morgan fingerprint density at radius 2 is 2.05 bits per heavy atom. The minimum atomic E-state index is -0.509. The lowest BCUT2D eigenvalue weighted by Gasteiger charge is -2.19. The van der Waals surface area contributed by atoms with Crippen LogP contribution in [-0.4, -0.2) is 23.8 Å². The van der Waals surface area contributed by atoms with Gasteiger partial charge in [0.2, 0.25) is 0 Å². The lowest BCUT2D eigenvalue weighted by molar-refractivity contribution is 0.0523. The molecule has 2 rings (SSSR count). The number of aromatic amines is 1. The first-order valence-electron chi connectivity index (χ1n) is 6.60. The average Bonchev–Trinajstić information content (AvgIpc) is 2.75. The number of amides is 1. The van der Waals surface area contributed by atoms with Crippen molar-refractivity contribution in [2.75, 3.05) is 7.11 Å². The van der Waals surface area contributed by atoms with Crippen molar-refractivity contribution in [2.24, 2.45) is 0 Å². The van der Waals surface area contributed by atoms with Crippen molar-refractivity contribution >= 4 is 28.6 Å². The van der Waals surface area contributed by atoms with Crippen LogP contribution in [0.1, 0.15) is 26.5 Å². The molecular weight excluding hydrogens is 292 g/mol. The molecule has 0 saturated heterocycles. The molecule has 2 aromatic rings. The van der Waals surface area contributed by atoms with E-state index in [1.54, 1.807) is 7.11 Å². The predicted molar refractivity (Wildman–Crippen MR) is 82.9 cm³/mol. The molecule has 1 aromatic carbocycles. The fraction of sp³-hybridized carbons (Fsp3) is 0.400. The molecule has 0 bridgehead atoms. The van der Waals surface area contributed by atoms with E-state index in [2.05, 4.69) is 10.3 Å². The molecular formula is C15H19ClN2O3. The zero-order chi connectivity index (χ0) is 15.6. The van der Waals surface area contributed by atoms with Crippen molar-refractivity contribution in [3.05, 3.63) is 28.9 Å². The molecule has 0 aliphatic heterocycles. The summed E-state index contributed by atoms with van der Waals surface area (Å²) >= 11 is 6.08. The summed E-state index contributed by atoms with van der Waals surface area (Å²) in [6.45, 7) is 5.82. The lowest BCUT2D eigenvalue weighted by Crippen LogP contribution is -2.32. The quantitative estimate of drug-likeness (QED) is 0.905. The third kappa shape index (κ3) is 4.04. The van der Waals surface area contributed by atoms with E-state index in [1.165, 1.54) is 0 Å². The van der Waals surface area contributed by atoms with Crippen LogP contribution in [0, 0.1) is 0 Å². The number of carbonyl (C=O) groups excluding carboxylic acids is 1. The van der Waals surface area contributed by atoms with E-state index in [9.17, 15) is 4.79 Å². The average molecular weight is 311 g/mol. The number of fused-ring (bicyclic) bond motifs is 1. The number of carbonyl (C=O) groups is 1. The molecule has 0 aliphatic rings. The van der Waals surface area contributed by atoms with Crippen LogP contribution >= 0.6 is 11.6 Å². The number of rotatable bonds is 3. The number of H-pyrrole nitrogens is 1. The Balaban J connectivity index is 2.08. The molecule has 0 aliphatic carbocycles. The van der Waals surface area contributed by atoms with Crippen molar-refractivity contribution in [1.29, 1.82) is 0 Å². The number of methoxy groups -OCH3 is 1. The Labute approximate surface area is 128 Å². The summed E-state index contributed by atoms with van der Waals surface area (Å²) in [5, 5.41) is 4.21. The van der Waals surface area contributed by atoms with E-state index in [-0.39, 0.29) is 0 Å². The van der Waals surface area contributed by atoms with Gasteiger partial charge in [0.25, 0.3) is 0 Å². The molecule has 5 nitrogen and oxygen atoms in total. The largest absolute Gasteiger partial charge is 0.495 e. The second-order valence-corrected chi connectivity index (χ2v) is 6.13. The molecule has 0 radical (unpaired) electrons. The summed E-state index contributed by atoms with van der Waals surface area (Å²) in [5.41, 5.74) is 1.25. The topological polar surface area (TPSA) is 63.3 Å². The summed E-state index contributed by atoms with van der Waals surface area (Å²) in [6, 6.07) is 5.58. The molecule has 1 amide bonds. The zero-order valence-corrected chi connectivity index (χ0v) is 13.3. The van der Waals surface area contributed by atoms with Crippen molar-refractivity contribution in [3.8, 4) is 5.75 Å². The summed E-state index contributed by atoms with van der Waals surface area (Å²) in [7, 11) is 1.57. The third-order valence-electron chi connectivity index (χ3n) is 2.77. The van der Waals surface area contributed by atoms with Gasteiger partial charge in [-0.05, 0) is 32.9 Å². The fourth-order valence-electron chi connectivity index (χ4n) is 1.93. The first-order chi connectivity index (χ1) is 9.78. The Morgan fingerprint density at radius 1 is 1.33 bits per heavy atom. The van der Waals surface area contributed by atoms with Crippen LogP contribution in [0.5, 0.6) is 5.75 Å². The highest BCUT2D eigenvalue weighted by Gasteiger charge is 2.16. The SMILES string of the molecule is COc1cc2[nH]c(CNC(=O)OC(C)(C)C)cc2cc1Cl. The van der Waals surface area contributed by atoms with Crippen molar-refractivity contribution in [3.63, 3.8) is 0 Å². The van der Waals surface area contributed by atoms with Crippen LogP contribution in [0.15, 0.2) is 18.2 Å². The Hall–Kier alpha value is -1.88. The highest BCUT2D eigenvalue weighted by Crippen LogP contribution is 2.30. The standard InChI is InChI=1S/C15H19ClN2O3/c1-15(2,3)21-14(19)17-8-10-5-9-6-11(16)13(20-4)7-12(9)18-10/h5-7,18H,8H2,1-4H3,(H,17,19). The smallest absolute Gasteiger partial charge is 0.407 e. The van der Waals surface area contributed by atoms with Gasteiger partial charge in [0, 0.05) is 22.7 Å². The van der Waals surface area contributed by atoms with Crippen LogP contribution < -0.4 is 10.1 Å². The third-order valence-corrected chi connectivity index (χ3v) is 3.07. The fourth-order valence-corrected chi connectivity index (χ4v) is 2.18. The van der Waals surface area contributed by atoms with Crippen LogP contribution in [-0.2, 0) is 11.3 Å². The first-order valence-corrected chi connectivity index (χ1v) is 6.98. The number of aromatic nitrogens is 1. The van der Waals surface area contributed by atoms with Gasteiger partial charge in [-0.25, -0.2) is 4.79 Å². The monoisotopic (exact) mass is 310 g/mol. The Kier molecular flexibility index (Phi) is 4.32. The van der Waals surface area contributed by atoms with Gasteiger partial charge >= 0.3 is 6.09 Å². The van der Waals surface area contributed by atoms with Gasteiger partial charge in [-0.15, -0.1) is 0 Å². The lowest BCUT2D eigenvalue weighted by atomic mass is 10.2. The number of benzene rings is 1. The number of hydrogen-bond donors (Lipinski definition) is 2. The zero-order valence-electron chi connectivity index (χ0n) is 12.5. The maximum absolute atomic E-state index is 11.6. The van der Waals surface area contributed by atoms with E-state index in [0.717, 1.165) is 16.6 Å². The summed E-state index contributed by atoms with van der Waals surface area (Å²) in [5.74, 6) is 0.609. The van der Waals surface area contributed by atoms with Gasteiger partial charge in [0.05, 0.1) is 18.7 Å². The maximum atomic E-state index is 11.6. The second kappa shape index (κ2) is 5.85. The van der Waals surface area contributed by atoms with Crippen LogP contribution in [0.4, 0.5) is 4.79 Å². The van der Waals surface area contributed by atoms with Crippen molar-refractivity contribution in [2.45, 2.75) is 32.9 Å². The highest BCUT2D eigenvalue weighted by molar-refractivity contribution is 6.32. The van der Waals surface area contributed by atoms with E-state index >= 15 is 0 Å². The molecule has 0 fully saturated rings. The van der Waals surface area contributed by atoms with Crippen LogP contribution in [0.3, 0.4) is 0 Å². The second-order valence-electron chi connectivity index (χ2n) is 5.72.